The van der Waals surface area contributed by atoms with Gasteiger partial charge in [-0.05, 0) is 42.7 Å². The predicted octanol–water partition coefficient (Wildman–Crippen LogP) is 4.29. The Morgan fingerprint density at radius 3 is 2.84 bits per heavy atom. The topological polar surface area (TPSA) is 129 Å². The van der Waals surface area contributed by atoms with Gasteiger partial charge in [0, 0.05) is 17.7 Å². The number of fused-ring (bicyclic) bond motifs is 3. The number of rotatable bonds is 5. The lowest BCUT2D eigenvalue weighted by molar-refractivity contribution is -0.384. The Kier molecular flexibility index (Phi) is 4.97. The van der Waals surface area contributed by atoms with Gasteiger partial charge in [-0.25, -0.2) is 4.98 Å². The fraction of sp³-hybridized carbons (Fsp3) is 0.136. The molecule has 0 spiro atoms. The number of nitrogens with one attached hydrogen (secondary N) is 1. The van der Waals surface area contributed by atoms with E-state index in [2.05, 4.69) is 21.6 Å². The number of benzene rings is 2. The average molecular weight is 414 g/mol. The van der Waals surface area contributed by atoms with Gasteiger partial charge in [-0.3, -0.25) is 19.9 Å². The second-order valence-corrected chi connectivity index (χ2v) is 6.92. The molecule has 0 saturated heterocycles. The highest BCUT2D eigenvalue weighted by molar-refractivity contribution is 5.87. The molecule has 2 heterocycles. The number of hydrazone groups is 1. The van der Waals surface area contributed by atoms with Crippen LogP contribution in [0, 0.1) is 28.4 Å². The molecule has 31 heavy (non-hydrogen) atoms. The summed E-state index contributed by atoms with van der Waals surface area (Å²) in [7, 11) is 0. The van der Waals surface area contributed by atoms with Gasteiger partial charge in [-0.1, -0.05) is 19.1 Å². The van der Waals surface area contributed by atoms with Crippen molar-refractivity contribution in [2.24, 2.45) is 5.10 Å². The third-order valence-electron chi connectivity index (χ3n) is 5.18. The Bertz CT molecular complexity index is 1410. The Morgan fingerprint density at radius 1 is 1.35 bits per heavy atom. The average Bonchev–Trinajstić information content (AvgIpc) is 3.14. The molecule has 0 amide bonds. The van der Waals surface area contributed by atoms with Gasteiger partial charge < -0.3 is 5.11 Å². The van der Waals surface area contributed by atoms with Gasteiger partial charge in [0.15, 0.2) is 5.65 Å². The molecule has 0 radical (unpaired) electrons. The van der Waals surface area contributed by atoms with Crippen LogP contribution in [0.3, 0.4) is 0 Å². The van der Waals surface area contributed by atoms with Crippen LogP contribution in [0.1, 0.15) is 29.2 Å². The summed E-state index contributed by atoms with van der Waals surface area (Å²) in [6.07, 6.45) is 1.96. The standard InChI is InChI=1S/C22H18N6O3/c1-3-16-13(2)17(11-23)21-25-18-6-4-5-7-19(18)27(21)22(16)26-24-12-14-10-15(28(30)31)8-9-20(14)29/h4-10,12,26,29H,3H2,1-2H3. The molecule has 0 saturated carbocycles. The van der Waals surface area contributed by atoms with Gasteiger partial charge >= 0.3 is 0 Å². The van der Waals surface area contributed by atoms with Crippen LogP contribution in [0.15, 0.2) is 47.6 Å². The molecule has 0 aliphatic carbocycles. The van der Waals surface area contributed by atoms with Crippen molar-refractivity contribution in [1.82, 2.24) is 9.38 Å². The first kappa shape index (κ1) is 19.8. The number of phenolic OH excluding ortho intramolecular Hbond substituents is 1. The number of non-ortho nitro benzene ring substituents is 1. The Hall–Kier alpha value is -4.45. The molecular formula is C22H18N6O3. The molecule has 9 nitrogen and oxygen atoms in total. The summed E-state index contributed by atoms with van der Waals surface area (Å²) in [6, 6.07) is 13.5. The smallest absolute Gasteiger partial charge is 0.270 e. The van der Waals surface area contributed by atoms with Crippen LogP contribution in [-0.2, 0) is 6.42 Å². The van der Waals surface area contributed by atoms with E-state index in [4.69, 9.17) is 0 Å². The fourth-order valence-electron chi connectivity index (χ4n) is 3.66. The second kappa shape index (κ2) is 7.76. The van der Waals surface area contributed by atoms with Crippen molar-refractivity contribution >= 4 is 34.4 Å². The normalized spacial score (nSPS) is 11.3. The lowest BCUT2D eigenvalue weighted by atomic mass is 10.0. The largest absolute Gasteiger partial charge is 0.507 e. The number of para-hydroxylation sites is 2. The van der Waals surface area contributed by atoms with E-state index in [0.717, 1.165) is 22.2 Å². The number of hydrogen-bond donors (Lipinski definition) is 2. The number of pyridine rings is 1. The van der Waals surface area contributed by atoms with Gasteiger partial charge in [0.2, 0.25) is 0 Å². The van der Waals surface area contributed by atoms with Crippen molar-refractivity contribution in [1.29, 1.82) is 5.26 Å². The number of imidazole rings is 1. The van der Waals surface area contributed by atoms with Crippen molar-refractivity contribution in [3.05, 3.63) is 74.8 Å². The zero-order valence-corrected chi connectivity index (χ0v) is 16.8. The number of nitrogens with zero attached hydrogens (tertiary/aromatic N) is 5. The molecule has 2 aromatic carbocycles. The van der Waals surface area contributed by atoms with Crippen LogP contribution in [0.2, 0.25) is 0 Å². The van der Waals surface area contributed by atoms with E-state index in [9.17, 15) is 20.5 Å². The molecule has 0 atom stereocenters. The molecule has 4 aromatic rings. The van der Waals surface area contributed by atoms with E-state index in [1.54, 1.807) is 0 Å². The zero-order chi connectivity index (χ0) is 22.1. The summed E-state index contributed by atoms with van der Waals surface area (Å²) in [5.74, 6) is 0.518. The Labute approximate surface area is 177 Å². The number of hydrogen-bond acceptors (Lipinski definition) is 7. The minimum Gasteiger partial charge on any atom is -0.507 e. The third kappa shape index (κ3) is 3.30. The summed E-state index contributed by atoms with van der Waals surface area (Å²) in [6.45, 7) is 3.85. The van der Waals surface area contributed by atoms with Crippen molar-refractivity contribution in [3.8, 4) is 11.8 Å². The van der Waals surface area contributed by atoms with Crippen molar-refractivity contribution in [2.45, 2.75) is 20.3 Å². The molecule has 2 aromatic heterocycles. The van der Waals surface area contributed by atoms with Crippen molar-refractivity contribution in [3.63, 3.8) is 0 Å². The summed E-state index contributed by atoms with van der Waals surface area (Å²) < 4.78 is 1.85. The van der Waals surface area contributed by atoms with E-state index in [1.807, 2.05) is 42.5 Å². The van der Waals surface area contributed by atoms with Gasteiger partial charge in [-0.2, -0.15) is 10.4 Å². The number of aromatic hydroxyl groups is 1. The maximum atomic E-state index is 11.0. The van der Waals surface area contributed by atoms with Gasteiger partial charge in [0.25, 0.3) is 5.69 Å². The highest BCUT2D eigenvalue weighted by atomic mass is 16.6. The molecule has 0 unspecified atom stereocenters. The summed E-state index contributed by atoms with van der Waals surface area (Å²) >= 11 is 0. The Morgan fingerprint density at radius 2 is 2.13 bits per heavy atom. The molecule has 0 bridgehead atoms. The maximum absolute atomic E-state index is 11.0. The van der Waals surface area contributed by atoms with E-state index in [-0.39, 0.29) is 17.0 Å². The first-order valence-corrected chi connectivity index (χ1v) is 9.55. The number of phenols is 1. The number of nitro groups is 1. The summed E-state index contributed by atoms with van der Waals surface area (Å²) in [4.78, 5) is 15.1. The van der Waals surface area contributed by atoms with Crippen LogP contribution >= 0.6 is 0 Å². The molecule has 9 heteroatoms. The SMILES string of the molecule is CCc1c(C)c(C#N)c2nc3ccccc3n2c1NN=Cc1cc([N+](=O)[O-])ccc1O. The van der Waals surface area contributed by atoms with Gasteiger partial charge in [0.1, 0.15) is 17.6 Å². The predicted molar refractivity (Wildman–Crippen MR) is 118 cm³/mol. The molecule has 0 aliphatic heterocycles. The van der Waals surface area contributed by atoms with Gasteiger partial charge in [-0.15, -0.1) is 0 Å². The van der Waals surface area contributed by atoms with E-state index >= 15 is 0 Å². The van der Waals surface area contributed by atoms with E-state index in [0.29, 0.717) is 23.4 Å². The van der Waals surface area contributed by atoms with Gasteiger partial charge in [0.05, 0.1) is 27.7 Å². The molecular weight excluding hydrogens is 396 g/mol. The lowest BCUT2D eigenvalue weighted by Gasteiger charge is -2.15. The Balaban J connectivity index is 1.88. The van der Waals surface area contributed by atoms with Crippen LogP contribution in [0.4, 0.5) is 11.5 Å². The van der Waals surface area contributed by atoms with Crippen LogP contribution in [0.25, 0.3) is 16.7 Å². The zero-order valence-electron chi connectivity index (χ0n) is 16.8. The monoisotopic (exact) mass is 414 g/mol. The summed E-state index contributed by atoms with van der Waals surface area (Å²) in [5.41, 5.74) is 7.35. The second-order valence-electron chi connectivity index (χ2n) is 6.92. The third-order valence-corrected chi connectivity index (χ3v) is 5.18. The first-order chi connectivity index (χ1) is 15.0. The van der Waals surface area contributed by atoms with Crippen LogP contribution in [-0.4, -0.2) is 25.6 Å². The van der Waals surface area contributed by atoms with Crippen molar-refractivity contribution < 1.29 is 10.0 Å². The highest BCUT2D eigenvalue weighted by Crippen LogP contribution is 2.31. The quantitative estimate of drug-likeness (QED) is 0.285. The van der Waals surface area contributed by atoms with E-state index in [1.165, 1.54) is 24.4 Å². The number of nitro benzene ring substituents is 1. The minimum absolute atomic E-state index is 0.124. The molecule has 4 rings (SSSR count). The van der Waals surface area contributed by atoms with Crippen LogP contribution < -0.4 is 5.43 Å². The van der Waals surface area contributed by atoms with E-state index < -0.39 is 4.92 Å². The number of anilines is 1. The molecule has 0 aliphatic rings. The first-order valence-electron chi connectivity index (χ1n) is 9.55. The van der Waals surface area contributed by atoms with Crippen LogP contribution in [0.5, 0.6) is 5.75 Å². The summed E-state index contributed by atoms with van der Waals surface area (Å²) in [5, 5.41) is 35.0. The number of nitriles is 1. The molecule has 0 fully saturated rings. The maximum Gasteiger partial charge on any atom is 0.270 e. The van der Waals surface area contributed by atoms with Crippen molar-refractivity contribution in [2.75, 3.05) is 5.43 Å². The lowest BCUT2D eigenvalue weighted by Crippen LogP contribution is -2.07. The number of aromatic nitrogens is 2. The molecule has 154 valence electrons. The molecule has 2 N–H and O–H groups in total. The highest BCUT2D eigenvalue weighted by Gasteiger charge is 2.19. The fourth-order valence-corrected chi connectivity index (χ4v) is 3.66. The minimum atomic E-state index is -0.537.